The molecule has 1 heterocycles. The van der Waals surface area contributed by atoms with E-state index in [4.69, 9.17) is 0 Å². The van der Waals surface area contributed by atoms with E-state index in [0.29, 0.717) is 11.0 Å². The number of halogens is 1. The molecule has 66 valence electrons. The molecule has 0 aliphatic rings. The van der Waals surface area contributed by atoms with Crippen LogP contribution in [0.4, 0.5) is 4.39 Å². The van der Waals surface area contributed by atoms with Crippen LogP contribution in [0.1, 0.15) is 17.5 Å². The fourth-order valence-corrected chi connectivity index (χ4v) is 1.15. The zero-order valence-electron chi connectivity index (χ0n) is 6.97. The van der Waals surface area contributed by atoms with E-state index in [9.17, 15) is 9.18 Å². The first-order valence-corrected chi connectivity index (χ1v) is 3.83. The summed E-state index contributed by atoms with van der Waals surface area (Å²) in [5.74, 6) is -0.244. The van der Waals surface area contributed by atoms with Gasteiger partial charge in [-0.2, -0.15) is 0 Å². The average molecular weight is 178 g/mol. The molecular weight excluding hydrogens is 171 g/mol. The number of benzene rings is 1. The van der Waals surface area contributed by atoms with Crippen LogP contribution in [0.5, 0.6) is 0 Å². The maximum atomic E-state index is 12.7. The van der Waals surface area contributed by atoms with E-state index >= 15 is 0 Å². The van der Waals surface area contributed by atoms with Crippen molar-refractivity contribution in [2.75, 3.05) is 0 Å². The van der Waals surface area contributed by atoms with Gasteiger partial charge in [-0.1, -0.05) is 0 Å². The smallest absolute Gasteiger partial charge is 0.195 e. The summed E-state index contributed by atoms with van der Waals surface area (Å²) in [6.07, 6.45) is 0. The lowest BCUT2D eigenvalue weighted by molar-refractivity contribution is 0.100. The molecule has 0 spiro atoms. The van der Waals surface area contributed by atoms with Crippen molar-refractivity contribution in [2.24, 2.45) is 0 Å². The maximum Gasteiger partial charge on any atom is 0.195 e. The number of carbonyl (C=O) groups is 1. The Bertz CT molecular complexity index is 475. The number of hydrogen-bond acceptors (Lipinski definition) is 2. The van der Waals surface area contributed by atoms with Crippen LogP contribution in [0.15, 0.2) is 18.2 Å². The van der Waals surface area contributed by atoms with Crippen LogP contribution in [0.3, 0.4) is 0 Å². The number of imidazole rings is 1. The number of ketones is 1. The van der Waals surface area contributed by atoms with Crippen LogP contribution in [-0.2, 0) is 0 Å². The zero-order chi connectivity index (χ0) is 9.42. The van der Waals surface area contributed by atoms with Crippen molar-refractivity contribution in [2.45, 2.75) is 6.92 Å². The summed E-state index contributed by atoms with van der Waals surface area (Å²) < 4.78 is 12.7. The van der Waals surface area contributed by atoms with Crippen LogP contribution >= 0.6 is 0 Å². The summed E-state index contributed by atoms with van der Waals surface area (Å²) in [4.78, 5) is 17.6. The van der Waals surface area contributed by atoms with Gasteiger partial charge in [-0.05, 0) is 12.1 Å². The number of Topliss-reactive ketones (excluding diaryl/α,β-unsaturated/α-hetero) is 1. The van der Waals surface area contributed by atoms with Crippen molar-refractivity contribution < 1.29 is 9.18 Å². The van der Waals surface area contributed by atoms with Crippen molar-refractivity contribution in [3.8, 4) is 0 Å². The zero-order valence-corrected chi connectivity index (χ0v) is 6.97. The molecule has 0 aliphatic heterocycles. The van der Waals surface area contributed by atoms with Gasteiger partial charge in [-0.15, -0.1) is 0 Å². The molecule has 2 aromatic rings. The molecule has 0 aliphatic carbocycles. The molecule has 0 amide bonds. The van der Waals surface area contributed by atoms with E-state index < -0.39 is 0 Å². The summed E-state index contributed by atoms with van der Waals surface area (Å²) in [7, 11) is 0. The fourth-order valence-electron chi connectivity index (χ4n) is 1.15. The first kappa shape index (κ1) is 7.91. The van der Waals surface area contributed by atoms with Crippen LogP contribution < -0.4 is 0 Å². The normalized spacial score (nSPS) is 10.6. The van der Waals surface area contributed by atoms with E-state index in [1.807, 2.05) is 0 Å². The molecule has 0 saturated heterocycles. The third kappa shape index (κ3) is 1.30. The summed E-state index contributed by atoms with van der Waals surface area (Å²) in [5.41, 5.74) is 1.15. The molecule has 1 N–H and O–H groups in total. The second kappa shape index (κ2) is 2.65. The Morgan fingerprint density at radius 2 is 2.31 bits per heavy atom. The molecule has 13 heavy (non-hydrogen) atoms. The van der Waals surface area contributed by atoms with E-state index in [2.05, 4.69) is 9.97 Å². The van der Waals surface area contributed by atoms with Gasteiger partial charge in [-0.25, -0.2) is 9.37 Å². The highest BCUT2D eigenvalue weighted by atomic mass is 19.1. The van der Waals surface area contributed by atoms with E-state index in [-0.39, 0.29) is 17.4 Å². The van der Waals surface area contributed by atoms with Crippen molar-refractivity contribution in [1.82, 2.24) is 9.97 Å². The maximum absolute atomic E-state index is 12.7. The second-order valence-electron chi connectivity index (χ2n) is 2.80. The summed E-state index contributed by atoms with van der Waals surface area (Å²) >= 11 is 0. The lowest BCUT2D eigenvalue weighted by Crippen LogP contribution is -1.93. The van der Waals surface area contributed by atoms with Gasteiger partial charge in [0, 0.05) is 13.0 Å². The molecule has 0 radical (unpaired) electrons. The topological polar surface area (TPSA) is 45.8 Å². The van der Waals surface area contributed by atoms with E-state index in [0.717, 1.165) is 0 Å². The lowest BCUT2D eigenvalue weighted by Gasteiger charge is -1.85. The van der Waals surface area contributed by atoms with Crippen LogP contribution in [0.25, 0.3) is 11.0 Å². The Morgan fingerprint density at radius 1 is 1.54 bits per heavy atom. The van der Waals surface area contributed by atoms with Gasteiger partial charge in [0.15, 0.2) is 11.6 Å². The number of nitrogens with zero attached hydrogens (tertiary/aromatic N) is 1. The Hall–Kier alpha value is -1.71. The first-order chi connectivity index (χ1) is 6.16. The number of rotatable bonds is 1. The Balaban J connectivity index is 2.68. The Labute approximate surface area is 73.6 Å². The number of hydrogen-bond donors (Lipinski definition) is 1. The highest BCUT2D eigenvalue weighted by Crippen LogP contribution is 2.12. The minimum absolute atomic E-state index is 0.156. The van der Waals surface area contributed by atoms with Gasteiger partial charge in [-0.3, -0.25) is 4.79 Å². The Morgan fingerprint density at radius 3 is 3.00 bits per heavy atom. The van der Waals surface area contributed by atoms with Crippen molar-refractivity contribution in [3.05, 3.63) is 29.8 Å². The molecule has 0 saturated carbocycles. The fraction of sp³-hybridized carbons (Fsp3) is 0.111. The molecule has 4 heteroatoms. The molecule has 0 atom stereocenters. The first-order valence-electron chi connectivity index (χ1n) is 3.83. The van der Waals surface area contributed by atoms with Gasteiger partial charge < -0.3 is 4.98 Å². The van der Waals surface area contributed by atoms with Gasteiger partial charge in [0.25, 0.3) is 0 Å². The predicted molar refractivity (Wildman–Crippen MR) is 46.1 cm³/mol. The predicted octanol–water partition coefficient (Wildman–Crippen LogP) is 1.90. The standard InChI is InChI=1S/C9H7FN2O/c1-5(13)9-11-7-3-2-6(10)4-8(7)12-9/h2-4H,1H3,(H,11,12). The Kier molecular flexibility index (Phi) is 1.62. The molecule has 3 nitrogen and oxygen atoms in total. The van der Waals surface area contributed by atoms with Crippen LogP contribution in [0, 0.1) is 5.82 Å². The number of fused-ring (bicyclic) bond motifs is 1. The van der Waals surface area contributed by atoms with Gasteiger partial charge >= 0.3 is 0 Å². The number of aromatic nitrogens is 2. The molecule has 1 aromatic carbocycles. The highest BCUT2D eigenvalue weighted by Gasteiger charge is 2.06. The molecule has 0 unspecified atom stereocenters. The number of carbonyl (C=O) groups excluding carboxylic acids is 1. The number of aromatic amines is 1. The van der Waals surface area contributed by atoms with Gasteiger partial charge in [0.05, 0.1) is 11.0 Å². The number of H-pyrrole nitrogens is 1. The van der Waals surface area contributed by atoms with Crippen molar-refractivity contribution >= 4 is 16.8 Å². The molecule has 1 aromatic heterocycles. The SMILES string of the molecule is CC(=O)c1nc2cc(F)ccc2[nH]1. The van der Waals surface area contributed by atoms with Gasteiger partial charge in [0.1, 0.15) is 5.82 Å². The third-order valence-corrected chi connectivity index (χ3v) is 1.78. The molecular formula is C9H7FN2O. The van der Waals surface area contributed by atoms with E-state index in [1.165, 1.54) is 19.1 Å². The molecule has 2 rings (SSSR count). The van der Waals surface area contributed by atoms with Crippen LogP contribution in [0.2, 0.25) is 0 Å². The van der Waals surface area contributed by atoms with Gasteiger partial charge in [0.2, 0.25) is 0 Å². The van der Waals surface area contributed by atoms with Crippen LogP contribution in [-0.4, -0.2) is 15.8 Å². The average Bonchev–Trinajstić information content (AvgIpc) is 2.46. The summed E-state index contributed by atoms with van der Waals surface area (Å²) in [6.45, 7) is 1.41. The van der Waals surface area contributed by atoms with Crippen molar-refractivity contribution in [1.29, 1.82) is 0 Å². The minimum Gasteiger partial charge on any atom is -0.335 e. The van der Waals surface area contributed by atoms with E-state index in [1.54, 1.807) is 6.07 Å². The highest BCUT2D eigenvalue weighted by molar-refractivity contribution is 5.93. The quantitative estimate of drug-likeness (QED) is 0.678. The lowest BCUT2D eigenvalue weighted by atomic mass is 10.3. The number of nitrogens with one attached hydrogen (secondary N) is 1. The van der Waals surface area contributed by atoms with Crippen molar-refractivity contribution in [3.63, 3.8) is 0 Å². The summed E-state index contributed by atoms with van der Waals surface area (Å²) in [5, 5.41) is 0. The molecule has 0 bridgehead atoms. The third-order valence-electron chi connectivity index (χ3n) is 1.78. The second-order valence-corrected chi connectivity index (χ2v) is 2.80. The largest absolute Gasteiger partial charge is 0.335 e. The minimum atomic E-state index is -0.353. The summed E-state index contributed by atoms with van der Waals surface area (Å²) in [6, 6.07) is 4.17. The monoisotopic (exact) mass is 178 g/mol. The molecule has 0 fully saturated rings.